The molecule has 19 heavy (non-hydrogen) atoms. The lowest BCUT2D eigenvalue weighted by atomic mass is 10.1. The number of rotatable bonds is 4. The maximum absolute atomic E-state index is 8.74. The van der Waals surface area contributed by atoms with Crippen molar-refractivity contribution in [2.75, 3.05) is 5.75 Å². The summed E-state index contributed by atoms with van der Waals surface area (Å²) in [6.45, 7) is 7.96. The Morgan fingerprint density at radius 2 is 1.68 bits per heavy atom. The Hall–Kier alpha value is -0.405. The zero-order valence-electron chi connectivity index (χ0n) is 13.0. The van der Waals surface area contributed by atoms with Gasteiger partial charge in [-0.05, 0) is 49.4 Å². The van der Waals surface area contributed by atoms with Gasteiger partial charge in [-0.25, -0.2) is 0 Å². The zero-order valence-corrected chi connectivity index (χ0v) is 13.8. The maximum Gasteiger partial charge on any atom is 0.355 e. The van der Waals surface area contributed by atoms with E-state index in [1.54, 1.807) is 29.6 Å². The van der Waals surface area contributed by atoms with Gasteiger partial charge in [0.2, 0.25) is 0 Å². The Kier molecular flexibility index (Phi) is 12.4. The fourth-order valence-corrected chi connectivity index (χ4v) is 2.71. The van der Waals surface area contributed by atoms with Crippen molar-refractivity contribution in [1.29, 1.82) is 0 Å². The van der Waals surface area contributed by atoms with Gasteiger partial charge in [-0.15, -0.1) is 0 Å². The molecule has 0 bridgehead atoms. The molecule has 0 spiro atoms. The van der Waals surface area contributed by atoms with Gasteiger partial charge in [0, 0.05) is 0 Å². The van der Waals surface area contributed by atoms with Gasteiger partial charge in [-0.2, -0.15) is 11.6 Å². The van der Waals surface area contributed by atoms with Crippen LogP contribution in [-0.4, -0.2) is 17.0 Å². The molecule has 0 saturated heterocycles. The lowest BCUT2D eigenvalue weighted by Crippen LogP contribution is -1.99. The molecule has 1 nitrogen and oxygen atoms in total. The van der Waals surface area contributed by atoms with Gasteiger partial charge in [0.25, 0.3) is 0 Å². The first-order valence-corrected chi connectivity index (χ1v) is 8.65. The minimum atomic E-state index is -0.179. The molecule has 1 N–H and O–H groups in total. The van der Waals surface area contributed by atoms with Crippen LogP contribution in [0.4, 0.5) is 0 Å². The molecule has 0 fully saturated rings. The first-order chi connectivity index (χ1) is 9.24. The van der Waals surface area contributed by atoms with Crippen LogP contribution in [0.5, 0.6) is 0 Å². The lowest BCUT2D eigenvalue weighted by molar-refractivity contribution is 0.602. The predicted octanol–water partition coefficient (Wildman–Crippen LogP) is 4.83. The fourth-order valence-electron chi connectivity index (χ4n) is 1.91. The number of aryl methyl sites for hydroxylation is 2. The average Bonchev–Trinajstić information content (AvgIpc) is 2.90. The molecule has 0 radical (unpaired) electrons. The van der Waals surface area contributed by atoms with Crippen LogP contribution in [0, 0.1) is 0 Å². The number of unbranched alkanes of at least 4 members (excludes halogenated alkanes) is 1. The third kappa shape index (κ3) is 9.18. The molecular formula is C16H29BOS. The van der Waals surface area contributed by atoms with Crippen LogP contribution in [0.15, 0.2) is 24.3 Å². The number of benzene rings is 1. The average molecular weight is 280 g/mol. The van der Waals surface area contributed by atoms with E-state index in [0.29, 0.717) is 0 Å². The smallest absolute Gasteiger partial charge is 0.355 e. The summed E-state index contributed by atoms with van der Waals surface area (Å²) in [5.41, 5.74) is 3.13. The summed E-state index contributed by atoms with van der Waals surface area (Å²) in [7, 11) is 0. The zero-order chi connectivity index (χ0) is 14.5. The van der Waals surface area contributed by atoms with Crippen molar-refractivity contribution in [3.8, 4) is 0 Å². The molecule has 1 aromatic carbocycles. The number of fused-ring (bicyclic) bond motifs is 1. The second-order valence-electron chi connectivity index (χ2n) is 4.45. The van der Waals surface area contributed by atoms with E-state index < -0.39 is 0 Å². The fraction of sp³-hybridized carbons (Fsp3) is 0.625. The van der Waals surface area contributed by atoms with Gasteiger partial charge >= 0.3 is 6.19 Å². The largest absolute Gasteiger partial charge is 0.442 e. The topological polar surface area (TPSA) is 20.2 Å². The van der Waals surface area contributed by atoms with Gasteiger partial charge in [0.05, 0.1) is 0 Å². The van der Waals surface area contributed by atoms with E-state index in [4.69, 9.17) is 5.02 Å². The summed E-state index contributed by atoms with van der Waals surface area (Å²) >= 11 is 1.61. The molecule has 0 aromatic heterocycles. The monoisotopic (exact) mass is 280 g/mol. The Labute approximate surface area is 124 Å². The van der Waals surface area contributed by atoms with Gasteiger partial charge < -0.3 is 5.02 Å². The summed E-state index contributed by atoms with van der Waals surface area (Å²) in [5, 5.41) is 8.74. The molecule has 2 rings (SSSR count). The van der Waals surface area contributed by atoms with E-state index in [9.17, 15) is 0 Å². The Bertz CT molecular complexity index is 292. The molecule has 0 heterocycles. The molecular weight excluding hydrogens is 251 g/mol. The Morgan fingerprint density at radius 3 is 2.11 bits per heavy atom. The summed E-state index contributed by atoms with van der Waals surface area (Å²) in [4.78, 5) is 0. The second-order valence-corrected chi connectivity index (χ2v) is 5.87. The molecule has 3 heteroatoms. The van der Waals surface area contributed by atoms with Crippen molar-refractivity contribution in [3.63, 3.8) is 0 Å². The molecule has 1 aliphatic carbocycles. The van der Waals surface area contributed by atoms with Gasteiger partial charge in [-0.3, -0.25) is 0 Å². The maximum atomic E-state index is 8.74. The molecule has 0 atom stereocenters. The standard InChI is InChI=1S/C9H10.C5H13BOS.C2H6/c1-2-5-9-7-3-6-8(9)4-1;1-3-4-5-8-6(2)7;1-2/h1-2,4-5H,3,6-7H2;7H,3-5H2,1-2H3;1-2H3. The van der Waals surface area contributed by atoms with Crippen LogP contribution in [-0.2, 0) is 12.8 Å². The summed E-state index contributed by atoms with van der Waals surface area (Å²) < 4.78 is 0. The van der Waals surface area contributed by atoms with Crippen molar-refractivity contribution >= 4 is 17.8 Å². The van der Waals surface area contributed by atoms with Crippen molar-refractivity contribution in [2.24, 2.45) is 0 Å². The molecule has 0 aliphatic heterocycles. The van der Waals surface area contributed by atoms with Crippen LogP contribution in [0.25, 0.3) is 0 Å². The van der Waals surface area contributed by atoms with Crippen molar-refractivity contribution < 1.29 is 5.02 Å². The Balaban J connectivity index is 0.000000305. The van der Waals surface area contributed by atoms with Crippen molar-refractivity contribution in [1.82, 2.24) is 0 Å². The van der Waals surface area contributed by atoms with E-state index in [1.807, 2.05) is 13.8 Å². The van der Waals surface area contributed by atoms with E-state index >= 15 is 0 Å². The first-order valence-electron chi connectivity index (χ1n) is 7.60. The minimum Gasteiger partial charge on any atom is -0.442 e. The lowest BCUT2D eigenvalue weighted by Gasteiger charge is -1.96. The highest BCUT2D eigenvalue weighted by molar-refractivity contribution is 8.24. The van der Waals surface area contributed by atoms with Crippen molar-refractivity contribution in [2.45, 2.75) is 59.7 Å². The van der Waals surface area contributed by atoms with E-state index in [-0.39, 0.29) is 6.19 Å². The van der Waals surface area contributed by atoms with Gasteiger partial charge in [0.15, 0.2) is 0 Å². The SMILES string of the molecule is CC.CCCCSB(C)O.c1ccc2c(c1)CCC2. The van der Waals surface area contributed by atoms with E-state index in [1.165, 1.54) is 32.1 Å². The van der Waals surface area contributed by atoms with Crippen LogP contribution in [0.1, 0.15) is 51.2 Å². The Morgan fingerprint density at radius 1 is 1.16 bits per heavy atom. The quantitative estimate of drug-likeness (QED) is 0.629. The van der Waals surface area contributed by atoms with Gasteiger partial charge in [0.1, 0.15) is 0 Å². The van der Waals surface area contributed by atoms with Crippen LogP contribution in [0.2, 0.25) is 6.82 Å². The highest BCUT2D eigenvalue weighted by Gasteiger charge is 2.07. The molecule has 0 saturated carbocycles. The first kappa shape index (κ1) is 18.6. The molecule has 0 amide bonds. The van der Waals surface area contributed by atoms with Crippen LogP contribution < -0.4 is 0 Å². The molecule has 1 aliphatic rings. The summed E-state index contributed by atoms with van der Waals surface area (Å²) in [6, 6.07) is 8.74. The van der Waals surface area contributed by atoms with E-state index in [0.717, 1.165) is 5.75 Å². The summed E-state index contributed by atoms with van der Waals surface area (Å²) in [5.74, 6) is 1.09. The summed E-state index contributed by atoms with van der Waals surface area (Å²) in [6.07, 6.45) is 6.22. The number of hydrogen-bond acceptors (Lipinski definition) is 2. The highest BCUT2D eigenvalue weighted by atomic mass is 32.2. The van der Waals surface area contributed by atoms with Crippen LogP contribution >= 0.6 is 11.6 Å². The van der Waals surface area contributed by atoms with Crippen LogP contribution in [0.3, 0.4) is 0 Å². The molecule has 1 aromatic rings. The number of hydrogen-bond donors (Lipinski definition) is 1. The third-order valence-electron chi connectivity index (χ3n) is 2.87. The second kappa shape index (κ2) is 12.6. The highest BCUT2D eigenvalue weighted by Crippen LogP contribution is 2.20. The molecule has 0 unspecified atom stereocenters. The van der Waals surface area contributed by atoms with E-state index in [2.05, 4.69) is 31.2 Å². The van der Waals surface area contributed by atoms with Crippen molar-refractivity contribution in [3.05, 3.63) is 35.4 Å². The predicted molar refractivity (Wildman–Crippen MR) is 91.0 cm³/mol. The minimum absolute atomic E-state index is 0.179. The van der Waals surface area contributed by atoms with Gasteiger partial charge in [-0.1, -0.05) is 51.5 Å². The molecule has 108 valence electrons. The normalized spacial score (nSPS) is 11.6. The third-order valence-corrected chi connectivity index (χ3v) is 3.87.